The summed E-state index contributed by atoms with van der Waals surface area (Å²) < 4.78 is 0. The lowest BCUT2D eigenvalue weighted by Crippen LogP contribution is -2.45. The summed E-state index contributed by atoms with van der Waals surface area (Å²) in [6.45, 7) is 4.37. The van der Waals surface area contributed by atoms with Crippen molar-refractivity contribution in [1.29, 1.82) is 0 Å². The third kappa shape index (κ3) is 36.4. The van der Waals surface area contributed by atoms with Crippen molar-refractivity contribution in [2.24, 2.45) is 0 Å². The highest BCUT2D eigenvalue weighted by molar-refractivity contribution is 5.76. The quantitative estimate of drug-likeness (QED) is 0.0446. The van der Waals surface area contributed by atoms with Gasteiger partial charge < -0.3 is 15.5 Å². The van der Waals surface area contributed by atoms with Crippen LogP contribution in [0, 0.1) is 0 Å². The zero-order chi connectivity index (χ0) is 35.0. The van der Waals surface area contributed by atoms with Gasteiger partial charge in [-0.1, -0.05) is 212 Å². The van der Waals surface area contributed by atoms with Gasteiger partial charge in [0.15, 0.2) is 0 Å². The molecule has 4 nitrogen and oxygen atoms in total. The molecular formula is C44H87NO3. The van der Waals surface area contributed by atoms with Gasteiger partial charge in [-0.25, -0.2) is 0 Å². The summed E-state index contributed by atoms with van der Waals surface area (Å²) >= 11 is 0. The second kappa shape index (κ2) is 40.6. The van der Waals surface area contributed by atoms with E-state index in [1.54, 1.807) is 0 Å². The van der Waals surface area contributed by atoms with E-state index in [4.69, 9.17) is 0 Å². The Morgan fingerprint density at radius 1 is 0.479 bits per heavy atom. The third-order valence-electron chi connectivity index (χ3n) is 10.3. The van der Waals surface area contributed by atoms with E-state index in [1.807, 2.05) is 0 Å². The van der Waals surface area contributed by atoms with Crippen molar-refractivity contribution in [2.75, 3.05) is 6.61 Å². The van der Waals surface area contributed by atoms with Crippen molar-refractivity contribution >= 4 is 5.91 Å². The van der Waals surface area contributed by atoms with Gasteiger partial charge in [-0.2, -0.15) is 0 Å². The summed E-state index contributed by atoms with van der Waals surface area (Å²) in [5.41, 5.74) is 0. The van der Waals surface area contributed by atoms with Gasteiger partial charge in [0.25, 0.3) is 0 Å². The third-order valence-corrected chi connectivity index (χ3v) is 10.3. The molecule has 0 aromatic rings. The number of unbranched alkanes of at least 4 members (excludes halogenated alkanes) is 31. The van der Waals surface area contributed by atoms with Crippen LogP contribution >= 0.6 is 0 Å². The molecule has 0 heterocycles. The fourth-order valence-corrected chi connectivity index (χ4v) is 6.89. The van der Waals surface area contributed by atoms with E-state index in [-0.39, 0.29) is 12.5 Å². The van der Waals surface area contributed by atoms with Crippen LogP contribution in [-0.2, 0) is 4.79 Å². The molecule has 0 rings (SSSR count). The average molecular weight is 678 g/mol. The molecule has 0 spiro atoms. The van der Waals surface area contributed by atoms with E-state index >= 15 is 0 Å². The minimum atomic E-state index is -0.655. The highest BCUT2D eigenvalue weighted by Crippen LogP contribution is 2.16. The number of carbonyl (C=O) groups is 1. The fourth-order valence-electron chi connectivity index (χ4n) is 6.89. The van der Waals surface area contributed by atoms with Gasteiger partial charge >= 0.3 is 0 Å². The first-order valence-electron chi connectivity index (χ1n) is 21.9. The molecule has 48 heavy (non-hydrogen) atoms. The Kier molecular flexibility index (Phi) is 39.8. The monoisotopic (exact) mass is 678 g/mol. The number of allylic oxidation sites excluding steroid dienone is 2. The Labute approximate surface area is 301 Å². The van der Waals surface area contributed by atoms with Crippen LogP contribution in [-0.4, -0.2) is 34.9 Å². The van der Waals surface area contributed by atoms with Crippen molar-refractivity contribution < 1.29 is 15.0 Å². The molecule has 0 radical (unpaired) electrons. The molecule has 0 aliphatic rings. The van der Waals surface area contributed by atoms with Gasteiger partial charge in [0.05, 0.1) is 18.8 Å². The molecule has 0 aromatic heterocycles. The minimum Gasteiger partial charge on any atom is -0.394 e. The lowest BCUT2D eigenvalue weighted by Gasteiger charge is -2.22. The van der Waals surface area contributed by atoms with Crippen molar-refractivity contribution in [1.82, 2.24) is 5.32 Å². The lowest BCUT2D eigenvalue weighted by atomic mass is 10.0. The van der Waals surface area contributed by atoms with Crippen LogP contribution in [0.4, 0.5) is 0 Å². The summed E-state index contributed by atoms with van der Waals surface area (Å²) in [5, 5.41) is 23.1. The van der Waals surface area contributed by atoms with Gasteiger partial charge in [-0.05, 0) is 38.5 Å². The summed E-state index contributed by atoms with van der Waals surface area (Å²) in [7, 11) is 0. The summed E-state index contributed by atoms with van der Waals surface area (Å²) in [6, 6.07) is -0.532. The Morgan fingerprint density at radius 3 is 1.15 bits per heavy atom. The molecule has 2 unspecified atom stereocenters. The standard InChI is InChI=1S/C44H87NO3/c1-3-5-7-9-11-13-15-17-18-19-20-21-22-23-24-25-26-28-30-32-34-36-38-40-44(48)45-42(41-46)43(47)39-37-35-33-31-29-27-16-14-12-10-8-6-4-2/h19-20,42-43,46-47H,3-18,21-41H2,1-2H3,(H,45,48)/b20-19-. The van der Waals surface area contributed by atoms with E-state index in [0.717, 1.165) is 25.7 Å². The maximum Gasteiger partial charge on any atom is 0.220 e. The molecule has 286 valence electrons. The topological polar surface area (TPSA) is 69.6 Å². The number of nitrogens with one attached hydrogen (secondary N) is 1. The van der Waals surface area contributed by atoms with Crippen LogP contribution in [0.1, 0.15) is 245 Å². The Bertz CT molecular complexity index is 651. The first-order valence-corrected chi connectivity index (χ1v) is 21.9. The van der Waals surface area contributed by atoms with Crippen LogP contribution in [0.15, 0.2) is 12.2 Å². The van der Waals surface area contributed by atoms with Gasteiger partial charge in [0.1, 0.15) is 0 Å². The molecule has 4 heteroatoms. The van der Waals surface area contributed by atoms with Crippen LogP contribution in [0.5, 0.6) is 0 Å². The number of amides is 1. The van der Waals surface area contributed by atoms with E-state index in [0.29, 0.717) is 12.8 Å². The summed E-state index contributed by atoms with van der Waals surface area (Å²) in [6.07, 6.45) is 50.0. The van der Waals surface area contributed by atoms with Gasteiger partial charge in [-0.15, -0.1) is 0 Å². The number of hydrogen-bond donors (Lipinski definition) is 3. The first-order chi connectivity index (χ1) is 23.7. The Balaban J connectivity index is 3.47. The largest absolute Gasteiger partial charge is 0.394 e. The van der Waals surface area contributed by atoms with Gasteiger partial charge in [0.2, 0.25) is 5.91 Å². The zero-order valence-corrected chi connectivity index (χ0v) is 32.8. The second-order valence-corrected chi connectivity index (χ2v) is 15.1. The first kappa shape index (κ1) is 47.1. The highest BCUT2D eigenvalue weighted by atomic mass is 16.3. The maximum atomic E-state index is 12.4. The molecule has 0 aliphatic carbocycles. The Hall–Kier alpha value is -0.870. The lowest BCUT2D eigenvalue weighted by molar-refractivity contribution is -0.123. The van der Waals surface area contributed by atoms with E-state index in [1.165, 1.54) is 193 Å². The van der Waals surface area contributed by atoms with E-state index in [2.05, 4.69) is 31.3 Å². The van der Waals surface area contributed by atoms with Crippen LogP contribution in [0.25, 0.3) is 0 Å². The van der Waals surface area contributed by atoms with Crippen molar-refractivity contribution in [3.05, 3.63) is 12.2 Å². The highest BCUT2D eigenvalue weighted by Gasteiger charge is 2.20. The predicted octanol–water partition coefficient (Wildman–Crippen LogP) is 13.5. The van der Waals surface area contributed by atoms with E-state index < -0.39 is 12.1 Å². The van der Waals surface area contributed by atoms with Crippen LogP contribution in [0.3, 0.4) is 0 Å². The Morgan fingerprint density at radius 2 is 0.792 bits per heavy atom. The maximum absolute atomic E-state index is 12.4. The van der Waals surface area contributed by atoms with Crippen LogP contribution < -0.4 is 5.32 Å². The van der Waals surface area contributed by atoms with Crippen molar-refractivity contribution in [3.8, 4) is 0 Å². The second-order valence-electron chi connectivity index (χ2n) is 15.1. The van der Waals surface area contributed by atoms with Gasteiger partial charge in [-0.3, -0.25) is 4.79 Å². The molecule has 0 saturated carbocycles. The number of hydrogen-bond acceptors (Lipinski definition) is 3. The summed E-state index contributed by atoms with van der Waals surface area (Å²) in [4.78, 5) is 12.4. The number of aliphatic hydroxyl groups is 2. The molecule has 2 atom stereocenters. The molecular weight excluding hydrogens is 590 g/mol. The minimum absolute atomic E-state index is 0.0301. The number of carbonyl (C=O) groups excluding carboxylic acids is 1. The van der Waals surface area contributed by atoms with E-state index in [9.17, 15) is 15.0 Å². The van der Waals surface area contributed by atoms with Crippen molar-refractivity contribution in [2.45, 2.75) is 257 Å². The zero-order valence-electron chi connectivity index (χ0n) is 32.8. The molecule has 0 aliphatic heterocycles. The number of rotatable bonds is 40. The smallest absolute Gasteiger partial charge is 0.220 e. The number of aliphatic hydroxyl groups excluding tert-OH is 2. The molecule has 1 amide bonds. The predicted molar refractivity (Wildman–Crippen MR) is 212 cm³/mol. The summed E-state index contributed by atoms with van der Waals surface area (Å²) in [5.74, 6) is -0.0301. The molecule has 0 fully saturated rings. The normalized spacial score (nSPS) is 13.0. The van der Waals surface area contributed by atoms with Gasteiger partial charge in [0, 0.05) is 6.42 Å². The molecule has 0 saturated heterocycles. The molecule has 3 N–H and O–H groups in total. The molecule has 0 bridgehead atoms. The molecule has 0 aromatic carbocycles. The average Bonchev–Trinajstić information content (AvgIpc) is 3.09. The van der Waals surface area contributed by atoms with Crippen molar-refractivity contribution in [3.63, 3.8) is 0 Å². The fraction of sp³-hybridized carbons (Fsp3) is 0.932. The SMILES string of the molecule is CCCCCCCCCC/C=C\CCCCCCCCCCCCCC(=O)NC(CO)C(O)CCCCCCCCCCCCCCC. The van der Waals surface area contributed by atoms with Crippen LogP contribution in [0.2, 0.25) is 0 Å².